The lowest BCUT2D eigenvalue weighted by Gasteiger charge is -2.25. The van der Waals surface area contributed by atoms with Gasteiger partial charge in [-0.25, -0.2) is 0 Å². The Labute approximate surface area is 126 Å². The second-order valence-electron chi connectivity index (χ2n) is 6.33. The Balaban J connectivity index is 1.40. The zero-order valence-electron chi connectivity index (χ0n) is 12.2. The Morgan fingerprint density at radius 3 is 2.80 bits per heavy atom. The summed E-state index contributed by atoms with van der Waals surface area (Å²) in [5.41, 5.74) is 2.68. The van der Waals surface area contributed by atoms with Crippen molar-refractivity contribution in [1.29, 1.82) is 0 Å². The Hall–Kier alpha value is -0.730. The normalized spacial score (nSPS) is 29.0. The van der Waals surface area contributed by atoms with Gasteiger partial charge in [-0.05, 0) is 56.7 Å². The number of nitrogens with one attached hydrogen (secondary N) is 1. The Kier molecular flexibility index (Phi) is 4.52. The van der Waals surface area contributed by atoms with E-state index in [9.17, 15) is 0 Å². The quantitative estimate of drug-likeness (QED) is 0.855. The van der Waals surface area contributed by atoms with Gasteiger partial charge in [-0.2, -0.15) is 0 Å². The van der Waals surface area contributed by atoms with Crippen LogP contribution in [0.25, 0.3) is 0 Å². The van der Waals surface area contributed by atoms with Crippen LogP contribution in [0.3, 0.4) is 0 Å². The van der Waals surface area contributed by atoms with Crippen LogP contribution in [-0.4, -0.2) is 24.6 Å². The van der Waals surface area contributed by atoms with E-state index in [4.69, 9.17) is 16.3 Å². The van der Waals surface area contributed by atoms with E-state index in [2.05, 4.69) is 30.4 Å². The van der Waals surface area contributed by atoms with Gasteiger partial charge < -0.3 is 10.1 Å². The third-order valence-corrected chi connectivity index (χ3v) is 4.97. The first kappa shape index (κ1) is 14.2. The molecular formula is C17H24ClNO. The van der Waals surface area contributed by atoms with E-state index in [1.807, 2.05) is 0 Å². The number of ether oxygens (including phenoxy) is 1. The highest BCUT2D eigenvalue weighted by Gasteiger charge is 2.23. The number of rotatable bonds is 4. The molecular weight excluding hydrogens is 270 g/mol. The predicted octanol–water partition coefficient (Wildman–Crippen LogP) is 3.69. The maximum absolute atomic E-state index is 6.14. The molecule has 1 saturated carbocycles. The Bertz CT molecular complexity index is 454. The maximum Gasteiger partial charge on any atom is 0.123 e. The summed E-state index contributed by atoms with van der Waals surface area (Å²) in [5, 5.41) is 4.01. The van der Waals surface area contributed by atoms with Crippen molar-refractivity contribution >= 4 is 11.6 Å². The SMILES string of the molecule is Cc1ccc2c(c1)CC(CNCC1CCC(Cl)CC1)O2. The molecule has 1 unspecified atom stereocenters. The van der Waals surface area contributed by atoms with Crippen molar-refractivity contribution in [2.75, 3.05) is 13.1 Å². The molecule has 0 aromatic heterocycles. The van der Waals surface area contributed by atoms with Crippen molar-refractivity contribution in [3.63, 3.8) is 0 Å². The van der Waals surface area contributed by atoms with Gasteiger partial charge in [0.1, 0.15) is 11.9 Å². The lowest BCUT2D eigenvalue weighted by atomic mass is 9.89. The summed E-state index contributed by atoms with van der Waals surface area (Å²) in [6.45, 7) is 4.20. The molecule has 3 heteroatoms. The van der Waals surface area contributed by atoms with Crippen LogP contribution >= 0.6 is 11.6 Å². The van der Waals surface area contributed by atoms with Crippen molar-refractivity contribution in [2.24, 2.45) is 5.92 Å². The molecule has 2 aliphatic rings. The molecule has 1 atom stereocenters. The molecule has 1 aliphatic carbocycles. The molecule has 2 nitrogen and oxygen atoms in total. The van der Waals surface area contributed by atoms with E-state index in [-0.39, 0.29) is 0 Å². The second-order valence-corrected chi connectivity index (χ2v) is 6.95. The molecule has 1 aromatic carbocycles. The lowest BCUT2D eigenvalue weighted by Crippen LogP contribution is -2.34. The molecule has 110 valence electrons. The van der Waals surface area contributed by atoms with Crippen molar-refractivity contribution in [3.8, 4) is 5.75 Å². The van der Waals surface area contributed by atoms with Gasteiger partial charge in [0.05, 0.1) is 0 Å². The van der Waals surface area contributed by atoms with E-state index in [1.165, 1.54) is 36.8 Å². The van der Waals surface area contributed by atoms with Crippen molar-refractivity contribution in [3.05, 3.63) is 29.3 Å². The number of alkyl halides is 1. The van der Waals surface area contributed by atoms with Crippen molar-refractivity contribution in [1.82, 2.24) is 5.32 Å². The predicted molar refractivity (Wildman–Crippen MR) is 83.8 cm³/mol. The van der Waals surface area contributed by atoms with E-state index in [1.54, 1.807) is 0 Å². The smallest absolute Gasteiger partial charge is 0.123 e. The number of fused-ring (bicyclic) bond motifs is 1. The zero-order chi connectivity index (χ0) is 13.9. The van der Waals surface area contributed by atoms with Gasteiger partial charge in [-0.15, -0.1) is 11.6 Å². The number of aryl methyl sites for hydroxylation is 1. The highest BCUT2D eigenvalue weighted by Crippen LogP contribution is 2.30. The van der Waals surface area contributed by atoms with Crippen LogP contribution in [0.15, 0.2) is 18.2 Å². The van der Waals surface area contributed by atoms with E-state index in [0.717, 1.165) is 31.2 Å². The Morgan fingerprint density at radius 2 is 2.00 bits per heavy atom. The summed E-state index contributed by atoms with van der Waals surface area (Å²) >= 11 is 6.14. The maximum atomic E-state index is 6.14. The highest BCUT2D eigenvalue weighted by molar-refractivity contribution is 6.20. The summed E-state index contributed by atoms with van der Waals surface area (Å²) in [6, 6.07) is 6.47. The average molecular weight is 294 g/mol. The van der Waals surface area contributed by atoms with Gasteiger partial charge >= 0.3 is 0 Å². The summed E-state index contributed by atoms with van der Waals surface area (Å²) in [5.74, 6) is 1.88. The standard InChI is InChI=1S/C17H24ClNO/c1-12-2-7-17-14(8-12)9-16(20-17)11-19-10-13-3-5-15(18)6-4-13/h2,7-8,13,15-16,19H,3-6,9-11H2,1H3. The van der Waals surface area contributed by atoms with Gasteiger partial charge in [0.15, 0.2) is 0 Å². The van der Waals surface area contributed by atoms with Crippen LogP contribution in [0.1, 0.15) is 36.8 Å². The highest BCUT2D eigenvalue weighted by atomic mass is 35.5. The first-order chi connectivity index (χ1) is 9.70. The first-order valence-corrected chi connectivity index (χ1v) is 8.25. The molecule has 0 saturated heterocycles. The second kappa shape index (κ2) is 6.36. The van der Waals surface area contributed by atoms with Gasteiger partial charge in [-0.3, -0.25) is 0 Å². The first-order valence-electron chi connectivity index (χ1n) is 7.81. The topological polar surface area (TPSA) is 21.3 Å². The fourth-order valence-corrected chi connectivity index (χ4v) is 3.59. The molecule has 1 N–H and O–H groups in total. The lowest BCUT2D eigenvalue weighted by molar-refractivity contribution is 0.221. The van der Waals surface area contributed by atoms with Crippen LogP contribution < -0.4 is 10.1 Å². The number of benzene rings is 1. The van der Waals surface area contributed by atoms with Crippen LogP contribution in [0.5, 0.6) is 5.75 Å². The minimum atomic E-state index is 0.302. The summed E-state index contributed by atoms with van der Waals surface area (Å²) in [6.07, 6.45) is 6.24. The molecule has 0 radical (unpaired) electrons. The van der Waals surface area contributed by atoms with Crippen LogP contribution in [0.2, 0.25) is 0 Å². The van der Waals surface area contributed by atoms with Crippen molar-refractivity contribution < 1.29 is 4.74 Å². The molecule has 3 rings (SSSR count). The van der Waals surface area contributed by atoms with Crippen LogP contribution in [0, 0.1) is 12.8 Å². The number of hydrogen-bond donors (Lipinski definition) is 1. The van der Waals surface area contributed by atoms with Crippen LogP contribution in [-0.2, 0) is 6.42 Å². The largest absolute Gasteiger partial charge is 0.488 e. The Morgan fingerprint density at radius 1 is 1.20 bits per heavy atom. The van der Waals surface area contributed by atoms with Gasteiger partial charge in [0.25, 0.3) is 0 Å². The summed E-state index contributed by atoms with van der Waals surface area (Å²) < 4.78 is 5.98. The molecule has 20 heavy (non-hydrogen) atoms. The van der Waals surface area contributed by atoms with E-state index < -0.39 is 0 Å². The third kappa shape index (κ3) is 3.48. The molecule has 0 amide bonds. The fraction of sp³-hybridized carbons (Fsp3) is 0.647. The van der Waals surface area contributed by atoms with Gasteiger partial charge in [0.2, 0.25) is 0 Å². The molecule has 1 aliphatic heterocycles. The molecule has 1 fully saturated rings. The molecule has 1 heterocycles. The monoisotopic (exact) mass is 293 g/mol. The molecule has 1 aromatic rings. The average Bonchev–Trinajstić information content (AvgIpc) is 2.83. The van der Waals surface area contributed by atoms with Crippen molar-refractivity contribution in [2.45, 2.75) is 50.5 Å². The van der Waals surface area contributed by atoms with Gasteiger partial charge in [0, 0.05) is 18.3 Å². The summed E-state index contributed by atoms with van der Waals surface area (Å²) in [4.78, 5) is 0. The number of halogens is 1. The third-order valence-electron chi connectivity index (χ3n) is 4.54. The van der Waals surface area contributed by atoms with Crippen LogP contribution in [0.4, 0.5) is 0 Å². The minimum Gasteiger partial charge on any atom is -0.488 e. The fourth-order valence-electron chi connectivity index (χ4n) is 3.34. The van der Waals surface area contributed by atoms with E-state index in [0.29, 0.717) is 11.5 Å². The minimum absolute atomic E-state index is 0.302. The summed E-state index contributed by atoms with van der Waals surface area (Å²) in [7, 11) is 0. The zero-order valence-corrected chi connectivity index (χ0v) is 13.0. The molecule has 0 spiro atoms. The number of hydrogen-bond acceptors (Lipinski definition) is 2. The van der Waals surface area contributed by atoms with E-state index >= 15 is 0 Å². The molecule has 0 bridgehead atoms. The van der Waals surface area contributed by atoms with Gasteiger partial charge in [-0.1, -0.05) is 17.7 Å².